The maximum Gasteiger partial charge on any atom is 0.129 e. The van der Waals surface area contributed by atoms with Crippen LogP contribution in [0.15, 0.2) is 34.8 Å². The number of rotatable bonds is 2. The van der Waals surface area contributed by atoms with Crippen molar-refractivity contribution in [3.63, 3.8) is 0 Å². The molecule has 0 fully saturated rings. The first-order valence-corrected chi connectivity index (χ1v) is 7.59. The van der Waals surface area contributed by atoms with Gasteiger partial charge in [-0.3, -0.25) is 4.57 Å². The number of fused-ring (bicyclic) bond motifs is 1. The van der Waals surface area contributed by atoms with E-state index >= 15 is 0 Å². The lowest BCUT2D eigenvalue weighted by Crippen LogP contribution is -2.02. The topological polar surface area (TPSA) is 17.8 Å². The number of imidazole rings is 1. The molecule has 0 N–H and O–H groups in total. The summed E-state index contributed by atoms with van der Waals surface area (Å²) in [7, 11) is 0. The lowest BCUT2D eigenvalue weighted by molar-refractivity contribution is 0.626. The average molecular weight is 392 g/mol. The second-order valence-corrected chi connectivity index (χ2v) is 5.88. The Hall–Kier alpha value is -1.17. The first kappa shape index (κ1) is 14.8. The van der Waals surface area contributed by atoms with Crippen molar-refractivity contribution in [3.8, 4) is 5.69 Å². The van der Waals surface area contributed by atoms with E-state index in [0.29, 0.717) is 27.0 Å². The second-order valence-electron chi connectivity index (χ2n) is 4.35. The van der Waals surface area contributed by atoms with Gasteiger partial charge in [0.1, 0.15) is 17.5 Å². The SMILES string of the molecule is Fc1cc(Cl)c(-n2c(CCl)nc3ccc(F)cc32)c(Br)c1. The molecule has 3 rings (SSSR count). The van der Waals surface area contributed by atoms with Crippen molar-refractivity contribution in [1.29, 1.82) is 0 Å². The molecule has 1 heterocycles. The summed E-state index contributed by atoms with van der Waals surface area (Å²) in [6.07, 6.45) is 0. The summed E-state index contributed by atoms with van der Waals surface area (Å²) in [5, 5.41) is 0.178. The van der Waals surface area contributed by atoms with Crippen molar-refractivity contribution in [3.05, 3.63) is 57.3 Å². The fourth-order valence-electron chi connectivity index (χ4n) is 2.19. The molecule has 0 radical (unpaired) electrons. The van der Waals surface area contributed by atoms with Gasteiger partial charge < -0.3 is 0 Å². The molecule has 0 atom stereocenters. The highest BCUT2D eigenvalue weighted by Gasteiger charge is 2.18. The van der Waals surface area contributed by atoms with Gasteiger partial charge in [0.25, 0.3) is 0 Å². The number of alkyl halides is 1. The summed E-state index contributed by atoms with van der Waals surface area (Å²) >= 11 is 15.3. The zero-order valence-electron chi connectivity index (χ0n) is 10.4. The Morgan fingerprint density at radius 2 is 1.90 bits per heavy atom. The highest BCUT2D eigenvalue weighted by atomic mass is 79.9. The summed E-state index contributed by atoms with van der Waals surface area (Å²) in [6.45, 7) is 0. The van der Waals surface area contributed by atoms with E-state index in [0.717, 1.165) is 0 Å². The van der Waals surface area contributed by atoms with E-state index in [4.69, 9.17) is 23.2 Å². The van der Waals surface area contributed by atoms with Gasteiger partial charge in [-0.05, 0) is 40.2 Å². The molecule has 2 nitrogen and oxygen atoms in total. The summed E-state index contributed by atoms with van der Waals surface area (Å²) in [5.41, 5.74) is 1.57. The summed E-state index contributed by atoms with van der Waals surface area (Å²) < 4.78 is 29.0. The predicted molar refractivity (Wildman–Crippen MR) is 83.3 cm³/mol. The standard InChI is InChI=1S/C14H7BrCl2F2N2/c15-9-3-8(19)4-10(17)14(9)21-12-5-7(18)1-2-11(12)20-13(21)6-16/h1-5H,6H2. The number of hydrogen-bond donors (Lipinski definition) is 0. The molecular weight excluding hydrogens is 385 g/mol. The molecule has 7 heteroatoms. The van der Waals surface area contributed by atoms with Gasteiger partial charge in [-0.2, -0.15) is 0 Å². The van der Waals surface area contributed by atoms with E-state index in [-0.39, 0.29) is 10.9 Å². The van der Waals surface area contributed by atoms with E-state index in [9.17, 15) is 8.78 Å². The van der Waals surface area contributed by atoms with Gasteiger partial charge in [0.15, 0.2) is 0 Å². The van der Waals surface area contributed by atoms with E-state index in [2.05, 4.69) is 20.9 Å². The van der Waals surface area contributed by atoms with E-state index in [1.807, 2.05) is 0 Å². The van der Waals surface area contributed by atoms with Gasteiger partial charge in [-0.1, -0.05) is 11.6 Å². The second kappa shape index (κ2) is 5.55. The van der Waals surface area contributed by atoms with Crippen LogP contribution in [0.4, 0.5) is 8.78 Å². The molecule has 0 saturated heterocycles. The smallest absolute Gasteiger partial charge is 0.129 e. The van der Waals surface area contributed by atoms with Crippen LogP contribution < -0.4 is 0 Å². The van der Waals surface area contributed by atoms with Gasteiger partial charge in [0.05, 0.1) is 27.6 Å². The van der Waals surface area contributed by atoms with Gasteiger partial charge in [-0.15, -0.1) is 11.6 Å². The zero-order chi connectivity index (χ0) is 15.1. The molecule has 0 bridgehead atoms. The predicted octanol–water partition coefficient (Wildman–Crippen LogP) is 5.46. The van der Waals surface area contributed by atoms with Crippen molar-refractivity contribution in [1.82, 2.24) is 9.55 Å². The first-order chi connectivity index (χ1) is 10.0. The minimum Gasteiger partial charge on any atom is -0.293 e. The van der Waals surface area contributed by atoms with Crippen LogP contribution in [0.2, 0.25) is 5.02 Å². The Kier molecular flexibility index (Phi) is 3.90. The Balaban J connectivity index is 2.41. The minimum atomic E-state index is -0.473. The molecule has 0 aliphatic carbocycles. The third-order valence-corrected chi connectivity index (χ3v) is 4.14. The summed E-state index contributed by atoms with van der Waals surface area (Å²) in [4.78, 5) is 4.34. The molecule has 108 valence electrons. The molecule has 0 saturated carbocycles. The Morgan fingerprint density at radius 1 is 1.14 bits per heavy atom. The lowest BCUT2D eigenvalue weighted by Gasteiger charge is -2.12. The monoisotopic (exact) mass is 390 g/mol. The highest BCUT2D eigenvalue weighted by molar-refractivity contribution is 9.10. The number of halogens is 5. The fourth-order valence-corrected chi connectivity index (χ4v) is 3.38. The largest absolute Gasteiger partial charge is 0.293 e. The third kappa shape index (κ3) is 2.54. The molecule has 0 aliphatic rings. The molecule has 21 heavy (non-hydrogen) atoms. The molecule has 2 aromatic carbocycles. The number of aromatic nitrogens is 2. The van der Waals surface area contributed by atoms with Crippen molar-refractivity contribution in [2.45, 2.75) is 5.88 Å². The highest BCUT2D eigenvalue weighted by Crippen LogP contribution is 2.34. The van der Waals surface area contributed by atoms with Crippen LogP contribution in [0, 0.1) is 11.6 Å². The van der Waals surface area contributed by atoms with E-state index in [1.165, 1.54) is 24.3 Å². The van der Waals surface area contributed by atoms with Gasteiger partial charge in [0, 0.05) is 10.5 Å². The molecule has 3 aromatic rings. The normalized spacial score (nSPS) is 11.3. The number of benzene rings is 2. The van der Waals surface area contributed by atoms with Gasteiger partial charge in [-0.25, -0.2) is 13.8 Å². The maximum atomic E-state index is 13.5. The van der Waals surface area contributed by atoms with Crippen LogP contribution in [0.25, 0.3) is 16.7 Å². The molecule has 0 aliphatic heterocycles. The van der Waals surface area contributed by atoms with Gasteiger partial charge >= 0.3 is 0 Å². The minimum absolute atomic E-state index is 0.108. The van der Waals surface area contributed by atoms with E-state index < -0.39 is 11.6 Å². The number of nitrogens with zero attached hydrogens (tertiary/aromatic N) is 2. The first-order valence-electron chi connectivity index (χ1n) is 5.89. The van der Waals surface area contributed by atoms with Crippen LogP contribution in [0.5, 0.6) is 0 Å². The van der Waals surface area contributed by atoms with Crippen LogP contribution >= 0.6 is 39.1 Å². The van der Waals surface area contributed by atoms with Crippen LogP contribution in [-0.4, -0.2) is 9.55 Å². The average Bonchev–Trinajstić information content (AvgIpc) is 2.76. The molecule has 1 aromatic heterocycles. The Labute approximate surface area is 137 Å². The zero-order valence-corrected chi connectivity index (χ0v) is 13.5. The van der Waals surface area contributed by atoms with Crippen molar-refractivity contribution >= 4 is 50.2 Å². The number of hydrogen-bond acceptors (Lipinski definition) is 1. The van der Waals surface area contributed by atoms with Crippen LogP contribution in [0.1, 0.15) is 5.82 Å². The Bertz CT molecular complexity index is 825. The van der Waals surface area contributed by atoms with Crippen molar-refractivity contribution in [2.24, 2.45) is 0 Å². The summed E-state index contributed by atoms with van der Waals surface area (Å²) in [6, 6.07) is 6.68. The molecule has 0 unspecified atom stereocenters. The molecule has 0 spiro atoms. The molecular formula is C14H7BrCl2F2N2. The fraction of sp³-hybridized carbons (Fsp3) is 0.0714. The van der Waals surface area contributed by atoms with Crippen molar-refractivity contribution in [2.75, 3.05) is 0 Å². The maximum absolute atomic E-state index is 13.5. The Morgan fingerprint density at radius 3 is 2.57 bits per heavy atom. The molecule has 0 amide bonds. The van der Waals surface area contributed by atoms with E-state index in [1.54, 1.807) is 10.6 Å². The summed E-state index contributed by atoms with van der Waals surface area (Å²) in [5.74, 6) is -0.277. The third-order valence-electron chi connectivity index (χ3n) is 3.01. The van der Waals surface area contributed by atoms with Crippen molar-refractivity contribution < 1.29 is 8.78 Å². The van der Waals surface area contributed by atoms with Gasteiger partial charge in [0.2, 0.25) is 0 Å². The van der Waals surface area contributed by atoms with Crippen LogP contribution in [-0.2, 0) is 5.88 Å². The lowest BCUT2D eigenvalue weighted by atomic mass is 10.2. The quantitative estimate of drug-likeness (QED) is 0.530. The van der Waals surface area contributed by atoms with Crippen LogP contribution in [0.3, 0.4) is 0 Å².